The van der Waals surface area contributed by atoms with Gasteiger partial charge in [0.2, 0.25) is 0 Å². The van der Waals surface area contributed by atoms with Crippen molar-refractivity contribution in [2.45, 2.75) is 38.6 Å². The number of nitrogens with one attached hydrogen (secondary N) is 1. The molecule has 2 aromatic heterocycles. The van der Waals surface area contributed by atoms with Crippen molar-refractivity contribution < 1.29 is 4.79 Å². The van der Waals surface area contributed by atoms with E-state index in [9.17, 15) is 4.79 Å². The Balaban J connectivity index is 1.25. The maximum absolute atomic E-state index is 12.4. The highest BCUT2D eigenvalue weighted by molar-refractivity contribution is 7.09. The highest BCUT2D eigenvalue weighted by atomic mass is 32.1. The number of amides is 2. The summed E-state index contributed by atoms with van der Waals surface area (Å²) in [6.45, 7) is 6.16. The fourth-order valence-electron chi connectivity index (χ4n) is 3.08. The third-order valence-corrected chi connectivity index (χ3v) is 5.85. The molecule has 1 aliphatic carbocycles. The fraction of sp³-hybridized carbons (Fsp3) is 0.556. The molecule has 4 rings (SSSR count). The average molecular weight is 372 g/mol. The first-order valence-electron chi connectivity index (χ1n) is 9.24. The summed E-state index contributed by atoms with van der Waals surface area (Å²) in [5.74, 6) is 1.42. The largest absolute Gasteiger partial charge is 0.322 e. The minimum atomic E-state index is -0.0747. The lowest BCUT2D eigenvalue weighted by atomic mass is 10.3. The van der Waals surface area contributed by atoms with Crippen LogP contribution in [0.4, 0.5) is 10.5 Å². The molecule has 1 aliphatic heterocycles. The maximum atomic E-state index is 12.4. The molecule has 0 bridgehead atoms. The Morgan fingerprint density at radius 1 is 1.23 bits per heavy atom. The summed E-state index contributed by atoms with van der Waals surface area (Å²) < 4.78 is 0. The molecule has 2 aliphatic rings. The number of carbonyl (C=O) groups is 1. The summed E-state index contributed by atoms with van der Waals surface area (Å²) >= 11 is 1.73. The minimum Gasteiger partial charge on any atom is -0.322 e. The van der Waals surface area contributed by atoms with Crippen molar-refractivity contribution in [2.75, 3.05) is 31.5 Å². The molecule has 7 nitrogen and oxygen atoms in total. The molecule has 138 valence electrons. The van der Waals surface area contributed by atoms with Crippen LogP contribution < -0.4 is 5.32 Å². The molecule has 2 fully saturated rings. The van der Waals surface area contributed by atoms with E-state index in [0.717, 1.165) is 50.7 Å². The zero-order valence-corrected chi connectivity index (χ0v) is 15.8. The standard InChI is InChI=1S/C18H24N6OS/c1-2-16-21-15(12-26-16)11-23-5-7-24(8-6-23)18(25)22-14-9-19-17(20-10-14)13-3-4-13/h9-10,12-13H,2-8,11H2,1H3,(H,22,25). The van der Waals surface area contributed by atoms with Crippen molar-refractivity contribution >= 4 is 23.1 Å². The van der Waals surface area contributed by atoms with Crippen LogP contribution in [-0.4, -0.2) is 57.0 Å². The van der Waals surface area contributed by atoms with E-state index in [-0.39, 0.29) is 6.03 Å². The van der Waals surface area contributed by atoms with Gasteiger partial charge in [0.05, 0.1) is 28.8 Å². The SMILES string of the molecule is CCc1nc(CN2CCN(C(=O)Nc3cnc(C4CC4)nc3)CC2)cs1. The van der Waals surface area contributed by atoms with Crippen LogP contribution >= 0.6 is 11.3 Å². The molecule has 0 radical (unpaired) electrons. The summed E-state index contributed by atoms with van der Waals surface area (Å²) in [5.41, 5.74) is 1.80. The number of urea groups is 1. The highest BCUT2D eigenvalue weighted by Crippen LogP contribution is 2.37. The maximum Gasteiger partial charge on any atom is 0.322 e. The molecule has 2 aromatic rings. The quantitative estimate of drug-likeness (QED) is 0.873. The van der Waals surface area contributed by atoms with E-state index in [2.05, 4.69) is 37.5 Å². The number of rotatable bonds is 5. The van der Waals surface area contributed by atoms with Crippen LogP contribution in [0, 0.1) is 0 Å². The van der Waals surface area contributed by atoms with E-state index in [0.29, 0.717) is 11.6 Å². The lowest BCUT2D eigenvalue weighted by molar-refractivity contribution is 0.142. The van der Waals surface area contributed by atoms with Gasteiger partial charge in [-0.05, 0) is 19.3 Å². The van der Waals surface area contributed by atoms with Crippen LogP contribution in [0.25, 0.3) is 0 Å². The summed E-state index contributed by atoms with van der Waals surface area (Å²) in [5, 5.41) is 6.24. The second-order valence-corrected chi connectivity index (χ2v) is 7.83. The van der Waals surface area contributed by atoms with Gasteiger partial charge in [0, 0.05) is 44.0 Å². The van der Waals surface area contributed by atoms with Gasteiger partial charge >= 0.3 is 6.03 Å². The zero-order valence-electron chi connectivity index (χ0n) is 15.0. The number of nitrogens with zero attached hydrogens (tertiary/aromatic N) is 5. The van der Waals surface area contributed by atoms with Crippen LogP contribution in [0.5, 0.6) is 0 Å². The third-order valence-electron chi connectivity index (χ3n) is 4.81. The van der Waals surface area contributed by atoms with E-state index in [1.165, 1.54) is 17.8 Å². The van der Waals surface area contributed by atoms with Gasteiger partial charge in [-0.2, -0.15) is 0 Å². The second kappa shape index (κ2) is 7.67. The molecule has 0 aromatic carbocycles. The van der Waals surface area contributed by atoms with Crippen LogP contribution in [0.3, 0.4) is 0 Å². The van der Waals surface area contributed by atoms with Crippen LogP contribution in [-0.2, 0) is 13.0 Å². The monoisotopic (exact) mass is 372 g/mol. The highest BCUT2D eigenvalue weighted by Gasteiger charge is 2.26. The van der Waals surface area contributed by atoms with Crippen LogP contribution in [0.15, 0.2) is 17.8 Å². The summed E-state index contributed by atoms with van der Waals surface area (Å²) in [6.07, 6.45) is 6.77. The summed E-state index contributed by atoms with van der Waals surface area (Å²) in [4.78, 5) is 30.0. The van der Waals surface area contributed by atoms with Gasteiger partial charge in [0.1, 0.15) is 5.82 Å². The Morgan fingerprint density at radius 2 is 1.96 bits per heavy atom. The van der Waals surface area contributed by atoms with Gasteiger partial charge < -0.3 is 10.2 Å². The van der Waals surface area contributed by atoms with E-state index < -0.39 is 0 Å². The topological polar surface area (TPSA) is 74.2 Å². The molecule has 1 saturated heterocycles. The summed E-state index contributed by atoms with van der Waals surface area (Å²) in [6, 6.07) is -0.0747. The van der Waals surface area contributed by atoms with Crippen molar-refractivity contribution in [3.05, 3.63) is 34.3 Å². The number of aryl methyl sites for hydroxylation is 1. The normalized spacial score (nSPS) is 18.1. The number of piperazine rings is 1. The predicted octanol–water partition coefficient (Wildman–Crippen LogP) is 2.72. The molecule has 8 heteroatoms. The first-order chi connectivity index (χ1) is 12.7. The molecule has 1 saturated carbocycles. The van der Waals surface area contributed by atoms with Gasteiger partial charge in [0.25, 0.3) is 0 Å². The Morgan fingerprint density at radius 3 is 2.58 bits per heavy atom. The molecular formula is C18H24N6OS. The van der Waals surface area contributed by atoms with Crippen LogP contribution in [0.2, 0.25) is 0 Å². The molecule has 3 heterocycles. The molecule has 26 heavy (non-hydrogen) atoms. The lowest BCUT2D eigenvalue weighted by Gasteiger charge is -2.34. The smallest absolute Gasteiger partial charge is 0.322 e. The summed E-state index contributed by atoms with van der Waals surface area (Å²) in [7, 11) is 0. The van der Waals surface area contributed by atoms with E-state index in [1.54, 1.807) is 23.7 Å². The molecule has 0 atom stereocenters. The zero-order chi connectivity index (χ0) is 17.9. The van der Waals surface area contributed by atoms with Crippen LogP contribution in [0.1, 0.15) is 42.2 Å². The molecule has 1 N–H and O–H groups in total. The number of thiazole rings is 1. The van der Waals surface area contributed by atoms with Gasteiger partial charge in [-0.15, -0.1) is 11.3 Å². The van der Waals surface area contributed by atoms with Crippen molar-refractivity contribution in [3.8, 4) is 0 Å². The van der Waals surface area contributed by atoms with E-state index in [4.69, 9.17) is 0 Å². The molecule has 0 unspecified atom stereocenters. The number of hydrogen-bond donors (Lipinski definition) is 1. The Labute approximate surface area is 157 Å². The van der Waals surface area contributed by atoms with Crippen molar-refractivity contribution in [1.82, 2.24) is 24.8 Å². The van der Waals surface area contributed by atoms with E-state index in [1.807, 2.05) is 4.90 Å². The van der Waals surface area contributed by atoms with E-state index >= 15 is 0 Å². The van der Waals surface area contributed by atoms with Crippen molar-refractivity contribution in [3.63, 3.8) is 0 Å². The molecule has 2 amide bonds. The first kappa shape index (κ1) is 17.4. The third kappa shape index (κ3) is 4.19. The van der Waals surface area contributed by atoms with Crippen molar-refractivity contribution in [1.29, 1.82) is 0 Å². The Bertz CT molecular complexity index is 749. The lowest BCUT2D eigenvalue weighted by Crippen LogP contribution is -2.49. The first-order valence-corrected chi connectivity index (χ1v) is 10.1. The molecule has 0 spiro atoms. The predicted molar refractivity (Wildman–Crippen MR) is 101 cm³/mol. The Hall–Kier alpha value is -2.06. The van der Waals surface area contributed by atoms with Gasteiger partial charge in [-0.3, -0.25) is 4.90 Å². The number of carbonyl (C=O) groups excluding carboxylic acids is 1. The average Bonchev–Trinajstić information content (AvgIpc) is 3.42. The second-order valence-electron chi connectivity index (χ2n) is 6.88. The number of aromatic nitrogens is 3. The van der Waals surface area contributed by atoms with Crippen molar-refractivity contribution in [2.24, 2.45) is 0 Å². The number of anilines is 1. The van der Waals surface area contributed by atoms with Gasteiger partial charge in [-0.25, -0.2) is 19.7 Å². The molecular weight excluding hydrogens is 348 g/mol. The van der Waals surface area contributed by atoms with Gasteiger partial charge in [-0.1, -0.05) is 6.92 Å². The fourth-order valence-corrected chi connectivity index (χ4v) is 3.82. The number of hydrogen-bond acceptors (Lipinski definition) is 6. The van der Waals surface area contributed by atoms with Gasteiger partial charge in [0.15, 0.2) is 0 Å². The minimum absolute atomic E-state index is 0.0747. The Kier molecular flexibility index (Phi) is 5.12.